The summed E-state index contributed by atoms with van der Waals surface area (Å²) >= 11 is 0. The number of nitrogens with zero attached hydrogens (tertiary/aromatic N) is 3. The van der Waals surface area contributed by atoms with Gasteiger partial charge in [0.1, 0.15) is 11.5 Å². The van der Waals surface area contributed by atoms with E-state index in [2.05, 4.69) is 25.5 Å². The van der Waals surface area contributed by atoms with Gasteiger partial charge in [-0.15, -0.1) is 0 Å². The first-order valence-corrected chi connectivity index (χ1v) is 11.3. The number of ketones is 1. The lowest BCUT2D eigenvalue weighted by molar-refractivity contribution is 0.103. The largest absolute Gasteiger partial charge is 0.378 e. The van der Waals surface area contributed by atoms with Gasteiger partial charge in [0, 0.05) is 41.5 Å². The molecule has 2 aromatic carbocycles. The SMILES string of the molecule is O=C(Nc1cc(F)cc(C(=O)c2cc3cc(N4CCOCC4)cnc3cn2)c1)Nc1ccc(F)c(F)c1. The highest BCUT2D eigenvalue weighted by Crippen LogP contribution is 2.23. The zero-order valence-electron chi connectivity index (χ0n) is 19.3. The molecule has 37 heavy (non-hydrogen) atoms. The third kappa shape index (κ3) is 5.51. The monoisotopic (exact) mass is 507 g/mol. The molecule has 5 rings (SSSR count). The summed E-state index contributed by atoms with van der Waals surface area (Å²) in [5.74, 6) is -3.51. The number of ether oxygens (including phenoxy) is 1. The number of urea groups is 1. The Morgan fingerprint density at radius 3 is 2.41 bits per heavy atom. The molecule has 8 nitrogen and oxygen atoms in total. The Labute approximate surface area is 209 Å². The fourth-order valence-electron chi connectivity index (χ4n) is 3.95. The number of halogens is 3. The summed E-state index contributed by atoms with van der Waals surface area (Å²) in [6.07, 6.45) is 3.21. The standard InChI is InChI=1S/C26H20F3N5O3/c27-17-7-16(8-19(11-17)33-26(36)32-18-1-2-21(28)22(29)12-18)25(35)23-10-15-9-20(13-30-24(15)14-31-23)34-3-5-37-6-4-34/h1-2,7-14H,3-6H2,(H2,32,33,36). The Bertz CT molecular complexity index is 1510. The smallest absolute Gasteiger partial charge is 0.323 e. The van der Waals surface area contributed by atoms with Gasteiger partial charge in [0.15, 0.2) is 11.6 Å². The van der Waals surface area contributed by atoms with Crippen molar-refractivity contribution in [2.45, 2.75) is 0 Å². The molecule has 3 heterocycles. The van der Waals surface area contributed by atoms with E-state index in [0.717, 1.165) is 43.0 Å². The van der Waals surface area contributed by atoms with Crippen LogP contribution in [0.15, 0.2) is 60.9 Å². The topological polar surface area (TPSA) is 96.5 Å². The van der Waals surface area contributed by atoms with Crippen LogP contribution >= 0.6 is 0 Å². The second kappa shape index (κ2) is 10.2. The predicted molar refractivity (Wildman–Crippen MR) is 131 cm³/mol. The quantitative estimate of drug-likeness (QED) is 0.378. The van der Waals surface area contributed by atoms with Gasteiger partial charge < -0.3 is 20.3 Å². The van der Waals surface area contributed by atoms with Crippen molar-refractivity contribution >= 4 is 39.8 Å². The molecule has 0 aliphatic carbocycles. The maximum atomic E-state index is 14.3. The fraction of sp³-hybridized carbons (Fsp3) is 0.154. The highest BCUT2D eigenvalue weighted by atomic mass is 19.2. The van der Waals surface area contributed by atoms with Crippen molar-refractivity contribution in [1.82, 2.24) is 9.97 Å². The summed E-state index contributed by atoms with van der Waals surface area (Å²) in [7, 11) is 0. The first kappa shape index (κ1) is 24.2. The van der Waals surface area contributed by atoms with Crippen molar-refractivity contribution in [3.05, 3.63) is 89.6 Å². The lowest BCUT2D eigenvalue weighted by Gasteiger charge is -2.28. The maximum Gasteiger partial charge on any atom is 0.323 e. The first-order valence-electron chi connectivity index (χ1n) is 11.3. The molecule has 1 aliphatic heterocycles. The molecule has 188 valence electrons. The van der Waals surface area contributed by atoms with Gasteiger partial charge in [-0.1, -0.05) is 0 Å². The Morgan fingerprint density at radius 1 is 0.838 bits per heavy atom. The van der Waals surface area contributed by atoms with Crippen molar-refractivity contribution in [2.24, 2.45) is 0 Å². The van der Waals surface area contributed by atoms with Gasteiger partial charge >= 0.3 is 6.03 Å². The van der Waals surface area contributed by atoms with Crippen LogP contribution in [0.1, 0.15) is 16.1 Å². The summed E-state index contributed by atoms with van der Waals surface area (Å²) in [6, 6.07) is 8.85. The van der Waals surface area contributed by atoms with Gasteiger partial charge in [0.05, 0.1) is 36.8 Å². The van der Waals surface area contributed by atoms with Crippen LogP contribution in [0.4, 0.5) is 35.0 Å². The Morgan fingerprint density at radius 2 is 1.62 bits per heavy atom. The van der Waals surface area contributed by atoms with Crippen LogP contribution in [0.3, 0.4) is 0 Å². The van der Waals surface area contributed by atoms with Gasteiger partial charge in [-0.05, 0) is 42.5 Å². The maximum absolute atomic E-state index is 14.3. The normalized spacial score (nSPS) is 13.4. The lowest BCUT2D eigenvalue weighted by Crippen LogP contribution is -2.36. The van der Waals surface area contributed by atoms with Gasteiger partial charge in [-0.2, -0.15) is 0 Å². The molecule has 2 aromatic heterocycles. The second-order valence-corrected chi connectivity index (χ2v) is 8.32. The number of aromatic nitrogens is 2. The second-order valence-electron chi connectivity index (χ2n) is 8.32. The van der Waals surface area contributed by atoms with E-state index in [1.54, 1.807) is 12.3 Å². The van der Waals surface area contributed by atoms with Crippen molar-refractivity contribution in [2.75, 3.05) is 41.8 Å². The molecular weight excluding hydrogens is 487 g/mol. The minimum Gasteiger partial charge on any atom is -0.378 e. The van der Waals surface area contributed by atoms with Crippen LogP contribution in [0.25, 0.3) is 10.9 Å². The van der Waals surface area contributed by atoms with Crippen molar-refractivity contribution < 1.29 is 27.5 Å². The highest BCUT2D eigenvalue weighted by Gasteiger charge is 2.17. The Hall–Kier alpha value is -4.51. The van der Waals surface area contributed by atoms with E-state index in [9.17, 15) is 22.8 Å². The number of amides is 2. The average Bonchev–Trinajstić information content (AvgIpc) is 2.90. The molecule has 2 N–H and O–H groups in total. The number of carbonyl (C=O) groups is 2. The molecule has 0 radical (unpaired) electrons. The van der Waals surface area contributed by atoms with Crippen molar-refractivity contribution in [1.29, 1.82) is 0 Å². The van der Waals surface area contributed by atoms with Gasteiger partial charge in [0.2, 0.25) is 5.78 Å². The lowest BCUT2D eigenvalue weighted by atomic mass is 10.1. The molecule has 4 aromatic rings. The molecular formula is C26H20F3N5O3. The van der Waals surface area contributed by atoms with E-state index in [1.165, 1.54) is 18.3 Å². The van der Waals surface area contributed by atoms with Gasteiger partial charge in [-0.3, -0.25) is 14.8 Å². The summed E-state index contributed by atoms with van der Waals surface area (Å²) in [5.41, 5.74) is 1.52. The molecule has 1 fully saturated rings. The van der Waals surface area contributed by atoms with Crippen molar-refractivity contribution in [3.8, 4) is 0 Å². The Balaban J connectivity index is 1.35. The molecule has 0 spiro atoms. The first-order chi connectivity index (χ1) is 17.9. The van der Waals surface area contributed by atoms with E-state index < -0.39 is 29.3 Å². The number of benzene rings is 2. The van der Waals surface area contributed by atoms with E-state index >= 15 is 0 Å². The van der Waals surface area contributed by atoms with Gasteiger partial charge in [-0.25, -0.2) is 18.0 Å². The molecule has 1 saturated heterocycles. The highest BCUT2D eigenvalue weighted by molar-refractivity contribution is 6.10. The predicted octanol–water partition coefficient (Wildman–Crippen LogP) is 4.76. The minimum absolute atomic E-state index is 0.00507. The number of fused-ring (bicyclic) bond motifs is 1. The number of hydrogen-bond acceptors (Lipinski definition) is 6. The van der Waals surface area contributed by atoms with E-state index in [-0.39, 0.29) is 22.6 Å². The molecule has 1 aliphatic rings. The minimum atomic E-state index is -1.13. The summed E-state index contributed by atoms with van der Waals surface area (Å²) in [6.45, 7) is 2.69. The molecule has 0 unspecified atom stereocenters. The molecule has 0 atom stereocenters. The third-order valence-corrected chi connectivity index (χ3v) is 5.76. The van der Waals surface area contributed by atoms with Crippen molar-refractivity contribution in [3.63, 3.8) is 0 Å². The molecule has 11 heteroatoms. The van der Waals surface area contributed by atoms with Crippen LogP contribution in [-0.4, -0.2) is 48.1 Å². The molecule has 2 amide bonds. The van der Waals surface area contributed by atoms with Gasteiger partial charge in [0.25, 0.3) is 0 Å². The number of rotatable bonds is 5. The van der Waals surface area contributed by atoms with Crippen LogP contribution < -0.4 is 15.5 Å². The third-order valence-electron chi connectivity index (χ3n) is 5.76. The average molecular weight is 507 g/mol. The number of pyridine rings is 2. The number of morpholine rings is 1. The number of carbonyl (C=O) groups excluding carboxylic acids is 2. The number of hydrogen-bond donors (Lipinski definition) is 2. The zero-order chi connectivity index (χ0) is 25.9. The van der Waals surface area contributed by atoms with Crippen LogP contribution in [0, 0.1) is 17.5 Å². The summed E-state index contributed by atoms with van der Waals surface area (Å²) < 4.78 is 46.2. The van der Waals surface area contributed by atoms with Crippen LogP contribution in [0.2, 0.25) is 0 Å². The number of anilines is 3. The molecule has 0 saturated carbocycles. The van der Waals surface area contributed by atoms with E-state index in [4.69, 9.17) is 4.74 Å². The fourth-order valence-corrected chi connectivity index (χ4v) is 3.95. The summed E-state index contributed by atoms with van der Waals surface area (Å²) in [5, 5.41) is 5.39. The Kier molecular flexibility index (Phi) is 6.69. The van der Waals surface area contributed by atoms with Crippen LogP contribution in [0.5, 0.6) is 0 Å². The summed E-state index contributed by atoms with van der Waals surface area (Å²) in [4.78, 5) is 36.2. The number of nitrogens with one attached hydrogen (secondary N) is 2. The zero-order valence-corrected chi connectivity index (χ0v) is 19.3. The van der Waals surface area contributed by atoms with E-state index in [0.29, 0.717) is 24.1 Å². The van der Waals surface area contributed by atoms with Crippen LogP contribution in [-0.2, 0) is 4.74 Å². The van der Waals surface area contributed by atoms with E-state index in [1.807, 2.05) is 6.07 Å². The molecule has 0 bridgehead atoms.